The predicted molar refractivity (Wildman–Crippen MR) is 75.3 cm³/mol. The summed E-state index contributed by atoms with van der Waals surface area (Å²) >= 11 is 1.48. The molecule has 0 fully saturated rings. The highest BCUT2D eigenvalue weighted by atomic mass is 32.2. The molecule has 2 aromatic carbocycles. The third kappa shape index (κ3) is 2.46. The Morgan fingerprint density at radius 2 is 1.72 bits per heavy atom. The number of rotatable bonds is 3. The van der Waals surface area contributed by atoms with Crippen molar-refractivity contribution in [1.29, 1.82) is 0 Å². The van der Waals surface area contributed by atoms with Crippen LogP contribution in [0.25, 0.3) is 17.2 Å². The number of hydrogen-bond acceptors (Lipinski definition) is 3. The van der Waals surface area contributed by atoms with Crippen molar-refractivity contribution in [2.45, 2.75) is 5.22 Å². The number of oxazole rings is 1. The Labute approximate surface area is 109 Å². The van der Waals surface area contributed by atoms with Crippen molar-refractivity contribution in [3.63, 3.8) is 0 Å². The van der Waals surface area contributed by atoms with Gasteiger partial charge in [-0.3, -0.25) is 0 Å². The SMILES string of the molecule is C(=Cc1ccccc1)Sc1nc2ccccc2o1. The average Bonchev–Trinajstić information content (AvgIpc) is 2.82. The van der Waals surface area contributed by atoms with Gasteiger partial charge in [-0.15, -0.1) is 0 Å². The van der Waals surface area contributed by atoms with E-state index in [1.807, 2.05) is 53.9 Å². The van der Waals surface area contributed by atoms with Gasteiger partial charge in [0.05, 0.1) is 0 Å². The van der Waals surface area contributed by atoms with Crippen molar-refractivity contribution in [1.82, 2.24) is 4.98 Å². The fourth-order valence-corrected chi connectivity index (χ4v) is 2.27. The van der Waals surface area contributed by atoms with Crippen LogP contribution in [-0.2, 0) is 0 Å². The van der Waals surface area contributed by atoms with E-state index in [1.165, 1.54) is 17.3 Å². The summed E-state index contributed by atoms with van der Waals surface area (Å²) in [6, 6.07) is 17.9. The molecule has 0 aliphatic rings. The Balaban J connectivity index is 1.75. The predicted octanol–water partition coefficient (Wildman–Crippen LogP) is 4.59. The summed E-state index contributed by atoms with van der Waals surface area (Å²) in [6.45, 7) is 0. The fourth-order valence-electron chi connectivity index (χ4n) is 1.64. The molecule has 3 heteroatoms. The monoisotopic (exact) mass is 253 g/mol. The van der Waals surface area contributed by atoms with Crippen LogP contribution < -0.4 is 0 Å². The second-order valence-corrected chi connectivity index (χ2v) is 4.64. The molecule has 88 valence electrons. The van der Waals surface area contributed by atoms with Crippen LogP contribution >= 0.6 is 11.8 Å². The van der Waals surface area contributed by atoms with E-state index >= 15 is 0 Å². The van der Waals surface area contributed by atoms with Crippen LogP contribution in [-0.4, -0.2) is 4.98 Å². The van der Waals surface area contributed by atoms with Gasteiger partial charge in [0.1, 0.15) is 5.52 Å². The van der Waals surface area contributed by atoms with Gasteiger partial charge in [-0.05, 0) is 40.9 Å². The highest BCUT2D eigenvalue weighted by Gasteiger charge is 2.02. The minimum absolute atomic E-state index is 0.670. The largest absolute Gasteiger partial charge is 0.431 e. The lowest BCUT2D eigenvalue weighted by Gasteiger charge is -1.90. The first kappa shape index (κ1) is 11.1. The first-order valence-corrected chi connectivity index (χ1v) is 6.53. The Bertz CT molecular complexity index is 640. The van der Waals surface area contributed by atoms with Crippen molar-refractivity contribution in [3.8, 4) is 0 Å². The summed E-state index contributed by atoms with van der Waals surface area (Å²) in [4.78, 5) is 4.39. The first-order valence-electron chi connectivity index (χ1n) is 5.66. The Hall–Kier alpha value is -2.00. The molecule has 0 saturated heterocycles. The molecule has 0 radical (unpaired) electrons. The molecular weight excluding hydrogens is 242 g/mol. The third-order valence-corrected chi connectivity index (χ3v) is 3.15. The maximum absolute atomic E-state index is 5.61. The molecule has 0 atom stereocenters. The van der Waals surface area contributed by atoms with E-state index in [9.17, 15) is 0 Å². The molecule has 3 rings (SSSR count). The van der Waals surface area contributed by atoms with E-state index in [0.29, 0.717) is 5.22 Å². The number of fused-ring (bicyclic) bond motifs is 1. The molecule has 2 nitrogen and oxygen atoms in total. The van der Waals surface area contributed by atoms with Crippen LogP contribution in [0, 0.1) is 0 Å². The molecule has 0 unspecified atom stereocenters. The molecule has 0 amide bonds. The Morgan fingerprint density at radius 3 is 2.56 bits per heavy atom. The highest BCUT2D eigenvalue weighted by molar-refractivity contribution is 8.02. The van der Waals surface area contributed by atoms with E-state index in [4.69, 9.17) is 4.42 Å². The van der Waals surface area contributed by atoms with Crippen molar-refractivity contribution >= 4 is 28.9 Å². The van der Waals surface area contributed by atoms with E-state index in [1.54, 1.807) is 0 Å². The second kappa shape index (κ2) is 5.10. The number of benzene rings is 2. The normalized spacial score (nSPS) is 11.3. The smallest absolute Gasteiger partial charge is 0.261 e. The summed E-state index contributed by atoms with van der Waals surface area (Å²) < 4.78 is 5.61. The summed E-state index contributed by atoms with van der Waals surface area (Å²) in [5, 5.41) is 2.66. The molecule has 0 aliphatic heterocycles. The minimum Gasteiger partial charge on any atom is -0.431 e. The molecule has 1 aromatic heterocycles. The van der Waals surface area contributed by atoms with Gasteiger partial charge in [-0.2, -0.15) is 0 Å². The zero-order valence-corrected chi connectivity index (χ0v) is 10.4. The molecule has 0 saturated carbocycles. The van der Waals surface area contributed by atoms with Crippen molar-refractivity contribution in [2.75, 3.05) is 0 Å². The van der Waals surface area contributed by atoms with E-state index in [2.05, 4.69) is 17.1 Å². The number of para-hydroxylation sites is 2. The maximum Gasteiger partial charge on any atom is 0.261 e. The molecule has 18 heavy (non-hydrogen) atoms. The fraction of sp³-hybridized carbons (Fsp3) is 0. The standard InChI is InChI=1S/C15H11NOS/c1-2-6-12(7-3-1)10-11-18-15-16-13-8-4-5-9-14(13)17-15/h1-11H. The lowest BCUT2D eigenvalue weighted by molar-refractivity contribution is 0.490. The van der Waals surface area contributed by atoms with Crippen LogP contribution in [0.15, 0.2) is 69.6 Å². The van der Waals surface area contributed by atoms with Gasteiger partial charge in [0.25, 0.3) is 5.22 Å². The van der Waals surface area contributed by atoms with Crippen LogP contribution in [0.4, 0.5) is 0 Å². The molecular formula is C15H11NOS. The van der Waals surface area contributed by atoms with E-state index in [0.717, 1.165) is 11.1 Å². The quantitative estimate of drug-likeness (QED) is 0.638. The molecule has 0 aliphatic carbocycles. The molecule has 0 bridgehead atoms. The lowest BCUT2D eigenvalue weighted by atomic mass is 10.2. The lowest BCUT2D eigenvalue weighted by Crippen LogP contribution is -1.68. The summed E-state index contributed by atoms with van der Waals surface area (Å²) in [7, 11) is 0. The number of thioether (sulfide) groups is 1. The number of hydrogen-bond donors (Lipinski definition) is 0. The van der Waals surface area contributed by atoms with Gasteiger partial charge in [-0.25, -0.2) is 4.98 Å². The van der Waals surface area contributed by atoms with E-state index < -0.39 is 0 Å². The number of aromatic nitrogens is 1. The molecule has 0 N–H and O–H groups in total. The van der Waals surface area contributed by atoms with Gasteiger partial charge < -0.3 is 4.42 Å². The number of nitrogens with zero attached hydrogens (tertiary/aromatic N) is 1. The van der Waals surface area contributed by atoms with Gasteiger partial charge >= 0.3 is 0 Å². The van der Waals surface area contributed by atoms with Crippen molar-refractivity contribution in [3.05, 3.63) is 65.6 Å². The molecule has 3 aromatic rings. The van der Waals surface area contributed by atoms with Gasteiger partial charge in [-0.1, -0.05) is 42.5 Å². The van der Waals surface area contributed by atoms with Crippen LogP contribution in [0.5, 0.6) is 0 Å². The van der Waals surface area contributed by atoms with Crippen LogP contribution in [0.1, 0.15) is 5.56 Å². The van der Waals surface area contributed by atoms with E-state index in [-0.39, 0.29) is 0 Å². The zero-order valence-electron chi connectivity index (χ0n) is 9.61. The topological polar surface area (TPSA) is 26.0 Å². The maximum atomic E-state index is 5.61. The minimum atomic E-state index is 0.670. The third-order valence-electron chi connectivity index (χ3n) is 2.50. The molecule has 1 heterocycles. The van der Waals surface area contributed by atoms with Gasteiger partial charge in [0, 0.05) is 0 Å². The Morgan fingerprint density at radius 1 is 0.944 bits per heavy atom. The van der Waals surface area contributed by atoms with Crippen LogP contribution in [0.3, 0.4) is 0 Å². The summed E-state index contributed by atoms with van der Waals surface area (Å²) in [5.74, 6) is 0. The van der Waals surface area contributed by atoms with Gasteiger partial charge in [0.2, 0.25) is 0 Å². The highest BCUT2D eigenvalue weighted by Crippen LogP contribution is 2.24. The second-order valence-electron chi connectivity index (χ2n) is 3.78. The summed E-state index contributed by atoms with van der Waals surface area (Å²) in [6.07, 6.45) is 2.04. The first-order chi connectivity index (χ1) is 8.92. The summed E-state index contributed by atoms with van der Waals surface area (Å²) in [5.41, 5.74) is 2.89. The zero-order chi connectivity index (χ0) is 12.2. The van der Waals surface area contributed by atoms with Crippen molar-refractivity contribution < 1.29 is 4.42 Å². The van der Waals surface area contributed by atoms with Gasteiger partial charge in [0.15, 0.2) is 5.58 Å². The Kier molecular flexibility index (Phi) is 3.15. The molecule has 0 spiro atoms. The average molecular weight is 253 g/mol. The van der Waals surface area contributed by atoms with Crippen molar-refractivity contribution in [2.24, 2.45) is 0 Å². The van der Waals surface area contributed by atoms with Crippen LogP contribution in [0.2, 0.25) is 0 Å².